The number of ether oxygens (including phenoxy) is 1. The predicted molar refractivity (Wildman–Crippen MR) is 115 cm³/mol. The fraction of sp³-hybridized carbons (Fsp3) is 0.409. The normalized spacial score (nSPS) is 12.1. The third-order valence-corrected chi connectivity index (χ3v) is 6.17. The zero-order valence-electron chi connectivity index (χ0n) is 17.7. The first-order valence-corrected chi connectivity index (χ1v) is 11.0. The smallest absolute Gasteiger partial charge is 0.243 e. The molecule has 2 rings (SSSR count). The molecule has 0 aliphatic rings. The maximum absolute atomic E-state index is 13.3. The number of rotatable bonds is 8. The highest BCUT2D eigenvalue weighted by atomic mass is 32.2. The van der Waals surface area contributed by atoms with Crippen LogP contribution in [0.15, 0.2) is 53.4 Å². The van der Waals surface area contributed by atoms with Crippen molar-refractivity contribution >= 4 is 15.9 Å². The van der Waals surface area contributed by atoms with Crippen LogP contribution in [0.1, 0.15) is 31.9 Å². The molecule has 1 amide bonds. The minimum absolute atomic E-state index is 0.146. The van der Waals surface area contributed by atoms with E-state index >= 15 is 0 Å². The molecule has 0 radical (unpaired) electrons. The summed E-state index contributed by atoms with van der Waals surface area (Å²) >= 11 is 0. The Bertz CT molecular complexity index is 935. The van der Waals surface area contributed by atoms with Gasteiger partial charge in [-0.3, -0.25) is 4.79 Å². The first kappa shape index (κ1) is 22.9. The molecule has 0 fully saturated rings. The lowest BCUT2D eigenvalue weighted by Gasteiger charge is -2.26. The molecule has 0 bridgehead atoms. The summed E-state index contributed by atoms with van der Waals surface area (Å²) in [5.74, 6) is 0.282. The standard InChI is InChI=1S/C22H30N2O4S/c1-17-15-19(11-12-20(17)28-5)29(26,27)24(16-21(25)23-22(2,3)4)14-13-18-9-7-6-8-10-18/h6-12,15H,13-14,16H2,1-5H3,(H,23,25). The van der Waals surface area contributed by atoms with Crippen LogP contribution in [0.25, 0.3) is 0 Å². The van der Waals surface area contributed by atoms with Crippen LogP contribution in [0.3, 0.4) is 0 Å². The van der Waals surface area contributed by atoms with Gasteiger partial charge >= 0.3 is 0 Å². The Labute approximate surface area is 173 Å². The molecule has 0 saturated heterocycles. The number of nitrogens with zero attached hydrogens (tertiary/aromatic N) is 1. The molecular formula is C22H30N2O4S. The molecule has 0 aromatic heterocycles. The second kappa shape index (κ2) is 9.41. The van der Waals surface area contributed by atoms with Gasteiger partial charge in [0.2, 0.25) is 15.9 Å². The summed E-state index contributed by atoms with van der Waals surface area (Å²) in [5, 5.41) is 2.84. The summed E-state index contributed by atoms with van der Waals surface area (Å²) in [6, 6.07) is 14.3. The minimum Gasteiger partial charge on any atom is -0.496 e. The van der Waals surface area contributed by atoms with Gasteiger partial charge in [-0.05, 0) is 63.4 Å². The van der Waals surface area contributed by atoms with Crippen molar-refractivity contribution in [1.82, 2.24) is 9.62 Å². The van der Waals surface area contributed by atoms with Gasteiger partial charge in [-0.15, -0.1) is 0 Å². The molecule has 2 aromatic carbocycles. The second-order valence-corrected chi connectivity index (χ2v) is 9.94. The van der Waals surface area contributed by atoms with E-state index in [1.807, 2.05) is 51.1 Å². The summed E-state index contributed by atoms with van der Waals surface area (Å²) in [6.45, 7) is 7.34. The molecule has 29 heavy (non-hydrogen) atoms. The van der Waals surface area contributed by atoms with Crippen LogP contribution in [0.4, 0.5) is 0 Å². The Morgan fingerprint density at radius 2 is 1.76 bits per heavy atom. The number of benzene rings is 2. The number of sulfonamides is 1. The lowest BCUT2D eigenvalue weighted by Crippen LogP contribution is -2.47. The maximum Gasteiger partial charge on any atom is 0.243 e. The molecule has 0 spiro atoms. The lowest BCUT2D eigenvalue weighted by molar-refractivity contribution is -0.122. The van der Waals surface area contributed by atoms with Crippen molar-refractivity contribution in [2.45, 2.75) is 44.6 Å². The maximum atomic E-state index is 13.3. The first-order valence-electron chi connectivity index (χ1n) is 9.52. The monoisotopic (exact) mass is 418 g/mol. The van der Waals surface area contributed by atoms with Crippen LogP contribution < -0.4 is 10.1 Å². The van der Waals surface area contributed by atoms with E-state index in [1.165, 1.54) is 10.4 Å². The molecule has 6 nitrogen and oxygen atoms in total. The number of carbonyl (C=O) groups is 1. The van der Waals surface area contributed by atoms with Crippen LogP contribution in [-0.4, -0.2) is 44.4 Å². The predicted octanol–water partition coefficient (Wildman–Crippen LogP) is 3.15. The van der Waals surface area contributed by atoms with Gasteiger partial charge in [0.1, 0.15) is 5.75 Å². The van der Waals surface area contributed by atoms with E-state index in [9.17, 15) is 13.2 Å². The average molecular weight is 419 g/mol. The molecule has 0 saturated carbocycles. The molecule has 0 unspecified atom stereocenters. The van der Waals surface area contributed by atoms with E-state index in [1.54, 1.807) is 26.2 Å². The van der Waals surface area contributed by atoms with Crippen molar-refractivity contribution in [1.29, 1.82) is 0 Å². The van der Waals surface area contributed by atoms with E-state index < -0.39 is 15.6 Å². The van der Waals surface area contributed by atoms with E-state index in [2.05, 4.69) is 5.32 Å². The highest BCUT2D eigenvalue weighted by Gasteiger charge is 2.28. The fourth-order valence-corrected chi connectivity index (χ4v) is 4.44. The summed E-state index contributed by atoms with van der Waals surface area (Å²) in [7, 11) is -2.31. The largest absolute Gasteiger partial charge is 0.496 e. The molecule has 0 heterocycles. The first-order chi connectivity index (χ1) is 13.5. The molecule has 1 N–H and O–H groups in total. The number of methoxy groups -OCH3 is 1. The highest BCUT2D eigenvalue weighted by Crippen LogP contribution is 2.24. The molecule has 0 atom stereocenters. The van der Waals surface area contributed by atoms with Crippen LogP contribution >= 0.6 is 0 Å². The summed E-state index contributed by atoms with van der Waals surface area (Å²) in [6.07, 6.45) is 0.512. The Morgan fingerprint density at radius 3 is 2.31 bits per heavy atom. The Hall–Kier alpha value is -2.38. The summed E-state index contributed by atoms with van der Waals surface area (Å²) < 4.78 is 33.1. The molecule has 7 heteroatoms. The van der Waals surface area contributed by atoms with Gasteiger partial charge in [0, 0.05) is 12.1 Å². The highest BCUT2D eigenvalue weighted by molar-refractivity contribution is 7.89. The van der Waals surface area contributed by atoms with Gasteiger partial charge in [0.15, 0.2) is 0 Å². The second-order valence-electron chi connectivity index (χ2n) is 8.00. The van der Waals surface area contributed by atoms with E-state index in [0.717, 1.165) is 11.1 Å². The molecule has 0 aliphatic carbocycles. The summed E-state index contributed by atoms with van der Waals surface area (Å²) in [4.78, 5) is 12.6. The van der Waals surface area contributed by atoms with Crippen molar-refractivity contribution in [3.8, 4) is 5.75 Å². The van der Waals surface area contributed by atoms with Crippen LogP contribution in [-0.2, 0) is 21.2 Å². The van der Waals surface area contributed by atoms with Gasteiger partial charge < -0.3 is 10.1 Å². The van der Waals surface area contributed by atoms with Crippen molar-refractivity contribution in [2.75, 3.05) is 20.2 Å². The zero-order valence-corrected chi connectivity index (χ0v) is 18.5. The number of aryl methyl sites for hydroxylation is 1. The number of hydrogen-bond donors (Lipinski definition) is 1. The van der Waals surface area contributed by atoms with Gasteiger partial charge in [0.05, 0.1) is 18.6 Å². The third kappa shape index (κ3) is 6.58. The number of hydrogen-bond acceptors (Lipinski definition) is 4. The molecular weight excluding hydrogens is 388 g/mol. The van der Waals surface area contributed by atoms with Crippen LogP contribution in [0.2, 0.25) is 0 Å². The number of carbonyl (C=O) groups excluding carboxylic acids is 1. The lowest BCUT2D eigenvalue weighted by atomic mass is 10.1. The Balaban J connectivity index is 2.30. The van der Waals surface area contributed by atoms with Gasteiger partial charge in [0.25, 0.3) is 0 Å². The minimum atomic E-state index is -3.85. The fourth-order valence-electron chi connectivity index (χ4n) is 2.96. The topological polar surface area (TPSA) is 75.7 Å². The van der Waals surface area contributed by atoms with Crippen molar-refractivity contribution in [3.05, 3.63) is 59.7 Å². The average Bonchev–Trinajstić information content (AvgIpc) is 2.64. The van der Waals surface area contributed by atoms with Crippen molar-refractivity contribution in [3.63, 3.8) is 0 Å². The van der Waals surface area contributed by atoms with Crippen LogP contribution in [0.5, 0.6) is 5.75 Å². The SMILES string of the molecule is COc1ccc(S(=O)(=O)N(CCc2ccccc2)CC(=O)NC(C)(C)C)cc1C. The van der Waals surface area contributed by atoms with Gasteiger partial charge in [-0.1, -0.05) is 30.3 Å². The zero-order chi connectivity index (χ0) is 21.7. The Morgan fingerprint density at radius 1 is 1.10 bits per heavy atom. The van der Waals surface area contributed by atoms with Crippen LogP contribution in [0, 0.1) is 6.92 Å². The third-order valence-electron chi connectivity index (χ3n) is 4.33. The van der Waals surface area contributed by atoms with Gasteiger partial charge in [-0.25, -0.2) is 8.42 Å². The molecule has 2 aromatic rings. The van der Waals surface area contributed by atoms with Crippen molar-refractivity contribution < 1.29 is 17.9 Å². The molecule has 0 aliphatic heterocycles. The Kier molecular flexibility index (Phi) is 7.43. The quantitative estimate of drug-likeness (QED) is 0.715. The van der Waals surface area contributed by atoms with E-state index in [-0.39, 0.29) is 23.9 Å². The van der Waals surface area contributed by atoms with Gasteiger partial charge in [-0.2, -0.15) is 4.31 Å². The number of nitrogens with one attached hydrogen (secondary N) is 1. The number of amides is 1. The summed E-state index contributed by atoms with van der Waals surface area (Å²) in [5.41, 5.74) is 1.29. The van der Waals surface area contributed by atoms with E-state index in [0.29, 0.717) is 12.2 Å². The van der Waals surface area contributed by atoms with E-state index in [4.69, 9.17) is 4.74 Å². The van der Waals surface area contributed by atoms with Crippen molar-refractivity contribution in [2.24, 2.45) is 0 Å². The molecule has 158 valence electrons.